The minimum Gasteiger partial charge on any atom is -0.357 e. The summed E-state index contributed by atoms with van der Waals surface area (Å²) in [6.45, 7) is 7.02. The van der Waals surface area contributed by atoms with Gasteiger partial charge in [-0.25, -0.2) is 0 Å². The molecule has 1 unspecified atom stereocenters. The number of aliphatic imine (C=N–C) groups is 1. The van der Waals surface area contributed by atoms with Gasteiger partial charge < -0.3 is 10.6 Å². The monoisotopic (exact) mass is 334 g/mol. The first-order valence-electron chi connectivity index (χ1n) is 8.62. The summed E-state index contributed by atoms with van der Waals surface area (Å²) in [5.74, 6) is 1.96. The molecule has 1 atom stereocenters. The van der Waals surface area contributed by atoms with Gasteiger partial charge in [0, 0.05) is 35.8 Å². The quantitative estimate of drug-likeness (QED) is 0.315. The molecule has 0 bridgehead atoms. The van der Waals surface area contributed by atoms with E-state index < -0.39 is 0 Å². The molecule has 1 aromatic carbocycles. The lowest BCUT2D eigenvalue weighted by atomic mass is 10.3. The zero-order valence-corrected chi connectivity index (χ0v) is 15.4. The van der Waals surface area contributed by atoms with Crippen LogP contribution in [0.1, 0.15) is 26.7 Å². The zero-order chi connectivity index (χ0) is 16.5. The molecule has 4 nitrogen and oxygen atoms in total. The van der Waals surface area contributed by atoms with Crippen LogP contribution in [-0.4, -0.2) is 55.4 Å². The molecule has 0 heterocycles. The van der Waals surface area contributed by atoms with Crippen LogP contribution in [0.25, 0.3) is 0 Å². The van der Waals surface area contributed by atoms with Crippen molar-refractivity contribution in [3.05, 3.63) is 30.3 Å². The Morgan fingerprint density at radius 1 is 1.30 bits per heavy atom. The Labute approximate surface area is 145 Å². The smallest absolute Gasteiger partial charge is 0.191 e. The van der Waals surface area contributed by atoms with E-state index in [2.05, 4.69) is 66.8 Å². The minimum atomic E-state index is 0.497. The standard InChI is InChI=1S/C18H30N4S/c1-4-19-18(21-14-15(2)22(3)16-10-11-16)20-12-13-23-17-8-6-5-7-9-17/h5-9,15-16H,4,10-14H2,1-3H3,(H2,19,20,21). The SMILES string of the molecule is CCNC(=NCC(C)N(C)C1CC1)NCCSc1ccccc1. The molecule has 1 fully saturated rings. The zero-order valence-electron chi connectivity index (χ0n) is 14.6. The third-order valence-electron chi connectivity index (χ3n) is 4.08. The molecule has 1 aliphatic carbocycles. The first kappa shape index (κ1) is 18.1. The molecule has 23 heavy (non-hydrogen) atoms. The fourth-order valence-corrected chi connectivity index (χ4v) is 3.18. The lowest BCUT2D eigenvalue weighted by Crippen LogP contribution is -2.40. The van der Waals surface area contributed by atoms with E-state index in [-0.39, 0.29) is 0 Å². The summed E-state index contributed by atoms with van der Waals surface area (Å²) >= 11 is 1.87. The maximum Gasteiger partial charge on any atom is 0.191 e. The molecule has 0 saturated heterocycles. The number of thioether (sulfide) groups is 1. The van der Waals surface area contributed by atoms with Gasteiger partial charge in [0.25, 0.3) is 0 Å². The van der Waals surface area contributed by atoms with Gasteiger partial charge in [-0.15, -0.1) is 11.8 Å². The van der Waals surface area contributed by atoms with Crippen LogP contribution in [0.3, 0.4) is 0 Å². The van der Waals surface area contributed by atoms with Gasteiger partial charge in [-0.3, -0.25) is 9.89 Å². The normalized spacial score (nSPS) is 16.4. The number of benzene rings is 1. The largest absolute Gasteiger partial charge is 0.357 e. The predicted octanol–water partition coefficient (Wildman–Crippen LogP) is 2.82. The molecular formula is C18H30N4S. The van der Waals surface area contributed by atoms with Crippen molar-refractivity contribution in [1.82, 2.24) is 15.5 Å². The summed E-state index contributed by atoms with van der Waals surface area (Å²) in [5, 5.41) is 6.76. The fraction of sp³-hybridized carbons (Fsp3) is 0.611. The minimum absolute atomic E-state index is 0.497. The number of hydrogen-bond acceptors (Lipinski definition) is 3. The second-order valence-electron chi connectivity index (χ2n) is 6.05. The van der Waals surface area contributed by atoms with Gasteiger partial charge >= 0.3 is 0 Å². The van der Waals surface area contributed by atoms with Gasteiger partial charge in [-0.2, -0.15) is 0 Å². The van der Waals surface area contributed by atoms with Crippen LogP contribution < -0.4 is 10.6 Å². The summed E-state index contributed by atoms with van der Waals surface area (Å²) < 4.78 is 0. The molecule has 128 valence electrons. The van der Waals surface area contributed by atoms with Crippen LogP contribution in [-0.2, 0) is 0 Å². The van der Waals surface area contributed by atoms with Crippen molar-refractivity contribution < 1.29 is 0 Å². The summed E-state index contributed by atoms with van der Waals surface area (Å²) in [7, 11) is 2.22. The van der Waals surface area contributed by atoms with E-state index in [1.807, 2.05) is 11.8 Å². The van der Waals surface area contributed by atoms with Crippen molar-refractivity contribution in [2.75, 3.05) is 32.4 Å². The third-order valence-corrected chi connectivity index (χ3v) is 5.10. The van der Waals surface area contributed by atoms with Gasteiger partial charge in [0.05, 0.1) is 6.54 Å². The Morgan fingerprint density at radius 2 is 2.04 bits per heavy atom. The molecule has 1 aromatic rings. The number of hydrogen-bond donors (Lipinski definition) is 2. The highest BCUT2D eigenvalue weighted by Gasteiger charge is 2.28. The van der Waals surface area contributed by atoms with Gasteiger partial charge in [0.2, 0.25) is 0 Å². The van der Waals surface area contributed by atoms with Crippen molar-refractivity contribution in [3.8, 4) is 0 Å². The van der Waals surface area contributed by atoms with Crippen LogP contribution in [0.15, 0.2) is 40.2 Å². The van der Waals surface area contributed by atoms with Crippen LogP contribution in [0.4, 0.5) is 0 Å². The van der Waals surface area contributed by atoms with E-state index >= 15 is 0 Å². The lowest BCUT2D eigenvalue weighted by Gasteiger charge is -2.23. The number of rotatable bonds is 9. The van der Waals surface area contributed by atoms with E-state index in [4.69, 9.17) is 4.99 Å². The molecular weight excluding hydrogens is 304 g/mol. The highest BCUT2D eigenvalue weighted by atomic mass is 32.2. The van der Waals surface area contributed by atoms with E-state index in [0.29, 0.717) is 6.04 Å². The van der Waals surface area contributed by atoms with E-state index in [9.17, 15) is 0 Å². The Balaban J connectivity index is 1.70. The Morgan fingerprint density at radius 3 is 2.70 bits per heavy atom. The molecule has 1 saturated carbocycles. The van der Waals surface area contributed by atoms with Crippen molar-refractivity contribution in [2.24, 2.45) is 4.99 Å². The summed E-state index contributed by atoms with van der Waals surface area (Å²) in [6.07, 6.45) is 2.69. The summed E-state index contributed by atoms with van der Waals surface area (Å²) in [4.78, 5) is 8.51. The van der Waals surface area contributed by atoms with Crippen molar-refractivity contribution in [3.63, 3.8) is 0 Å². The third kappa shape index (κ3) is 6.83. The molecule has 0 radical (unpaired) electrons. The molecule has 0 aliphatic heterocycles. The van der Waals surface area contributed by atoms with E-state index in [1.165, 1.54) is 17.7 Å². The van der Waals surface area contributed by atoms with Crippen molar-refractivity contribution in [1.29, 1.82) is 0 Å². The molecule has 2 rings (SSSR count). The maximum absolute atomic E-state index is 4.73. The van der Waals surface area contributed by atoms with Gasteiger partial charge in [0.15, 0.2) is 5.96 Å². The van der Waals surface area contributed by atoms with E-state index in [1.54, 1.807) is 0 Å². The summed E-state index contributed by atoms with van der Waals surface area (Å²) in [6, 6.07) is 11.8. The highest BCUT2D eigenvalue weighted by Crippen LogP contribution is 2.26. The van der Waals surface area contributed by atoms with Crippen LogP contribution >= 0.6 is 11.8 Å². The van der Waals surface area contributed by atoms with Gasteiger partial charge in [-0.05, 0) is 45.9 Å². The Hall–Kier alpha value is -1.20. The second-order valence-corrected chi connectivity index (χ2v) is 7.22. The first-order valence-corrected chi connectivity index (χ1v) is 9.61. The topological polar surface area (TPSA) is 39.7 Å². The van der Waals surface area contributed by atoms with Gasteiger partial charge in [-0.1, -0.05) is 18.2 Å². The molecule has 0 spiro atoms. The van der Waals surface area contributed by atoms with Crippen LogP contribution in [0, 0.1) is 0 Å². The van der Waals surface area contributed by atoms with Crippen LogP contribution in [0.5, 0.6) is 0 Å². The second kappa shape index (κ2) is 9.83. The number of nitrogens with zero attached hydrogens (tertiary/aromatic N) is 2. The molecule has 2 N–H and O–H groups in total. The number of likely N-dealkylation sites (N-methyl/N-ethyl adjacent to an activating group) is 1. The molecule has 1 aliphatic rings. The Kier molecular flexibility index (Phi) is 7.76. The molecule has 5 heteroatoms. The van der Waals surface area contributed by atoms with Gasteiger partial charge in [0.1, 0.15) is 0 Å². The lowest BCUT2D eigenvalue weighted by molar-refractivity contribution is 0.253. The number of guanidine groups is 1. The highest BCUT2D eigenvalue weighted by molar-refractivity contribution is 7.99. The van der Waals surface area contributed by atoms with Crippen LogP contribution in [0.2, 0.25) is 0 Å². The maximum atomic E-state index is 4.73. The van der Waals surface area contributed by atoms with Crippen molar-refractivity contribution in [2.45, 2.75) is 43.7 Å². The summed E-state index contributed by atoms with van der Waals surface area (Å²) in [5.41, 5.74) is 0. The molecule has 0 aromatic heterocycles. The average Bonchev–Trinajstić information content (AvgIpc) is 3.41. The number of nitrogens with one attached hydrogen (secondary N) is 2. The molecule has 0 amide bonds. The van der Waals surface area contributed by atoms with E-state index in [0.717, 1.165) is 37.4 Å². The average molecular weight is 335 g/mol. The predicted molar refractivity (Wildman–Crippen MR) is 101 cm³/mol. The van der Waals surface area contributed by atoms with Crippen molar-refractivity contribution >= 4 is 17.7 Å². The Bertz CT molecular complexity index is 473. The first-order chi connectivity index (χ1) is 11.2. The fourth-order valence-electron chi connectivity index (χ4n) is 2.39.